The molecular formula is C12H10BrN3O2. The van der Waals surface area contributed by atoms with Crippen LogP contribution in [0.5, 0.6) is 0 Å². The summed E-state index contributed by atoms with van der Waals surface area (Å²) < 4.78 is 2.48. The van der Waals surface area contributed by atoms with Crippen LogP contribution in [-0.4, -0.2) is 21.4 Å². The van der Waals surface area contributed by atoms with Crippen molar-refractivity contribution in [1.29, 1.82) is 0 Å². The molecule has 0 spiro atoms. The Kier molecular flexibility index (Phi) is 2.66. The summed E-state index contributed by atoms with van der Waals surface area (Å²) in [6.07, 6.45) is 2.77. The minimum Gasteiger partial charge on any atom is -0.296 e. The molecule has 0 aromatic carbocycles. The first-order chi connectivity index (χ1) is 8.63. The van der Waals surface area contributed by atoms with E-state index in [9.17, 15) is 9.59 Å². The SMILES string of the molecule is O=C1CCC(c2ccc3cc(Br)nn3c2)C(=O)N1. The second kappa shape index (κ2) is 4.20. The fourth-order valence-corrected chi connectivity index (χ4v) is 2.59. The molecule has 3 heterocycles. The van der Waals surface area contributed by atoms with Crippen molar-refractivity contribution in [1.82, 2.24) is 14.9 Å². The molecule has 1 unspecified atom stereocenters. The smallest absolute Gasteiger partial charge is 0.234 e. The second-order valence-corrected chi connectivity index (χ2v) is 5.12. The van der Waals surface area contributed by atoms with Gasteiger partial charge in [0.25, 0.3) is 0 Å². The molecule has 1 atom stereocenters. The molecule has 2 aromatic rings. The average molecular weight is 308 g/mol. The van der Waals surface area contributed by atoms with Crippen LogP contribution in [0.1, 0.15) is 24.3 Å². The number of rotatable bonds is 1. The zero-order chi connectivity index (χ0) is 12.7. The lowest BCUT2D eigenvalue weighted by Gasteiger charge is -2.20. The van der Waals surface area contributed by atoms with Gasteiger partial charge in [0.1, 0.15) is 4.60 Å². The number of carbonyl (C=O) groups excluding carboxylic acids is 2. The predicted octanol–water partition coefficient (Wildman–Crippen LogP) is 1.62. The van der Waals surface area contributed by atoms with Crippen LogP contribution in [0.25, 0.3) is 5.52 Å². The van der Waals surface area contributed by atoms with Gasteiger partial charge in [0.2, 0.25) is 11.8 Å². The van der Waals surface area contributed by atoms with Crippen LogP contribution >= 0.6 is 15.9 Å². The number of amides is 2. The van der Waals surface area contributed by atoms with E-state index in [1.165, 1.54) is 0 Å². The Morgan fingerprint density at radius 1 is 1.39 bits per heavy atom. The number of halogens is 1. The summed E-state index contributed by atoms with van der Waals surface area (Å²) in [5, 5.41) is 6.61. The fourth-order valence-electron chi connectivity index (χ4n) is 2.19. The maximum Gasteiger partial charge on any atom is 0.234 e. The number of nitrogens with zero attached hydrogens (tertiary/aromatic N) is 2. The molecule has 92 valence electrons. The van der Waals surface area contributed by atoms with Gasteiger partial charge in [0, 0.05) is 12.6 Å². The van der Waals surface area contributed by atoms with Gasteiger partial charge in [-0.25, -0.2) is 4.52 Å². The van der Waals surface area contributed by atoms with E-state index in [0.29, 0.717) is 12.8 Å². The Morgan fingerprint density at radius 2 is 2.22 bits per heavy atom. The summed E-state index contributed by atoms with van der Waals surface area (Å²) in [4.78, 5) is 22.9. The molecular weight excluding hydrogens is 298 g/mol. The van der Waals surface area contributed by atoms with Crippen molar-refractivity contribution >= 4 is 33.3 Å². The van der Waals surface area contributed by atoms with Gasteiger partial charge in [-0.1, -0.05) is 6.07 Å². The molecule has 1 saturated heterocycles. The summed E-state index contributed by atoms with van der Waals surface area (Å²) in [7, 11) is 0. The third-order valence-corrected chi connectivity index (χ3v) is 3.48. The number of piperidine rings is 1. The van der Waals surface area contributed by atoms with E-state index >= 15 is 0 Å². The number of hydrogen-bond acceptors (Lipinski definition) is 3. The Hall–Kier alpha value is -1.69. The first kappa shape index (κ1) is 11.4. The standard InChI is InChI=1S/C12H10BrN3O2/c13-10-5-8-2-1-7(6-16(8)15-10)9-3-4-11(17)14-12(9)18/h1-2,5-6,9H,3-4H2,(H,14,17,18). The van der Waals surface area contributed by atoms with Gasteiger partial charge in [-0.3, -0.25) is 14.9 Å². The van der Waals surface area contributed by atoms with Gasteiger partial charge < -0.3 is 0 Å². The van der Waals surface area contributed by atoms with Gasteiger partial charge in [0.05, 0.1) is 11.4 Å². The van der Waals surface area contributed by atoms with Gasteiger partial charge in [-0.2, -0.15) is 5.10 Å². The lowest BCUT2D eigenvalue weighted by Crippen LogP contribution is -2.39. The zero-order valence-corrected chi connectivity index (χ0v) is 11.0. The lowest BCUT2D eigenvalue weighted by atomic mass is 9.92. The van der Waals surface area contributed by atoms with Gasteiger partial charge >= 0.3 is 0 Å². The normalized spacial score (nSPS) is 20.2. The van der Waals surface area contributed by atoms with Crippen LogP contribution in [0, 0.1) is 0 Å². The van der Waals surface area contributed by atoms with E-state index in [1.807, 2.05) is 24.4 Å². The zero-order valence-electron chi connectivity index (χ0n) is 9.39. The highest BCUT2D eigenvalue weighted by Crippen LogP contribution is 2.25. The molecule has 18 heavy (non-hydrogen) atoms. The van der Waals surface area contributed by atoms with Crippen LogP contribution in [0.15, 0.2) is 29.0 Å². The van der Waals surface area contributed by atoms with E-state index in [0.717, 1.165) is 15.7 Å². The summed E-state index contributed by atoms with van der Waals surface area (Å²) >= 11 is 3.31. The van der Waals surface area contributed by atoms with Gasteiger partial charge in [-0.05, 0) is 40.0 Å². The maximum absolute atomic E-state index is 11.8. The maximum atomic E-state index is 11.8. The molecule has 6 heteroatoms. The molecule has 0 bridgehead atoms. The minimum absolute atomic E-state index is 0.195. The largest absolute Gasteiger partial charge is 0.296 e. The van der Waals surface area contributed by atoms with Crippen molar-refractivity contribution in [2.45, 2.75) is 18.8 Å². The minimum atomic E-state index is -0.268. The highest BCUT2D eigenvalue weighted by atomic mass is 79.9. The van der Waals surface area contributed by atoms with Gasteiger partial charge in [0.15, 0.2) is 0 Å². The first-order valence-electron chi connectivity index (χ1n) is 5.62. The first-order valence-corrected chi connectivity index (χ1v) is 6.41. The number of pyridine rings is 1. The van der Waals surface area contributed by atoms with Crippen molar-refractivity contribution in [2.75, 3.05) is 0 Å². The van der Waals surface area contributed by atoms with Crippen LogP contribution in [0.3, 0.4) is 0 Å². The summed E-state index contributed by atoms with van der Waals surface area (Å²) in [6, 6.07) is 5.72. The third kappa shape index (κ3) is 1.92. The second-order valence-electron chi connectivity index (χ2n) is 4.30. The number of fused-ring (bicyclic) bond motifs is 1. The Balaban J connectivity index is 1.98. The Bertz CT molecular complexity index is 650. The average Bonchev–Trinajstić information content (AvgIpc) is 2.68. The Morgan fingerprint density at radius 3 is 3.00 bits per heavy atom. The molecule has 5 nitrogen and oxygen atoms in total. The van der Waals surface area contributed by atoms with Crippen LogP contribution in [0.2, 0.25) is 0 Å². The van der Waals surface area contributed by atoms with Crippen molar-refractivity contribution in [3.8, 4) is 0 Å². The molecule has 0 aliphatic carbocycles. The predicted molar refractivity (Wildman–Crippen MR) is 68.0 cm³/mol. The number of imide groups is 1. The number of hydrogen-bond donors (Lipinski definition) is 1. The molecule has 1 fully saturated rings. The van der Waals surface area contributed by atoms with Crippen LogP contribution in [-0.2, 0) is 9.59 Å². The molecule has 1 aliphatic heterocycles. The van der Waals surface area contributed by atoms with Crippen molar-refractivity contribution in [2.24, 2.45) is 0 Å². The van der Waals surface area contributed by atoms with E-state index in [4.69, 9.17) is 0 Å². The quantitative estimate of drug-likeness (QED) is 0.814. The van der Waals surface area contributed by atoms with Crippen molar-refractivity contribution in [3.05, 3.63) is 34.6 Å². The molecule has 1 aliphatic rings. The molecule has 1 N–H and O–H groups in total. The van der Waals surface area contributed by atoms with Crippen molar-refractivity contribution in [3.63, 3.8) is 0 Å². The van der Waals surface area contributed by atoms with Crippen LogP contribution < -0.4 is 5.32 Å². The van der Waals surface area contributed by atoms with E-state index in [-0.39, 0.29) is 17.7 Å². The van der Waals surface area contributed by atoms with E-state index in [1.54, 1.807) is 4.52 Å². The number of aromatic nitrogens is 2. The van der Waals surface area contributed by atoms with Crippen molar-refractivity contribution < 1.29 is 9.59 Å². The monoisotopic (exact) mass is 307 g/mol. The number of carbonyl (C=O) groups is 2. The highest BCUT2D eigenvalue weighted by molar-refractivity contribution is 9.10. The third-order valence-electron chi connectivity index (χ3n) is 3.09. The number of nitrogens with one attached hydrogen (secondary N) is 1. The Labute approximate surface area is 111 Å². The molecule has 2 aromatic heterocycles. The summed E-state index contributed by atoms with van der Waals surface area (Å²) in [5.74, 6) is -0.689. The van der Waals surface area contributed by atoms with Crippen LogP contribution in [0.4, 0.5) is 0 Å². The molecule has 2 amide bonds. The van der Waals surface area contributed by atoms with E-state index in [2.05, 4.69) is 26.3 Å². The van der Waals surface area contributed by atoms with E-state index < -0.39 is 0 Å². The lowest BCUT2D eigenvalue weighted by molar-refractivity contribution is -0.134. The molecule has 0 saturated carbocycles. The summed E-state index contributed by atoms with van der Waals surface area (Å²) in [5.41, 5.74) is 1.83. The highest BCUT2D eigenvalue weighted by Gasteiger charge is 2.28. The summed E-state index contributed by atoms with van der Waals surface area (Å²) in [6.45, 7) is 0. The topological polar surface area (TPSA) is 63.5 Å². The molecule has 3 rings (SSSR count). The fraction of sp³-hybridized carbons (Fsp3) is 0.250. The molecule has 0 radical (unpaired) electrons. The van der Waals surface area contributed by atoms with Gasteiger partial charge in [-0.15, -0.1) is 0 Å².